The minimum atomic E-state index is -1.34. The molecule has 3 aliphatic heterocycles. The van der Waals surface area contributed by atoms with Crippen LogP contribution in [-0.2, 0) is 93.6 Å². The van der Waals surface area contributed by atoms with Gasteiger partial charge >= 0.3 is 64.5 Å². The fourth-order valence-electron chi connectivity index (χ4n) is 18.8. The van der Waals surface area contributed by atoms with E-state index < -0.39 is 82.2 Å². The van der Waals surface area contributed by atoms with Gasteiger partial charge in [-0.05, 0) is 282 Å². The largest absolute Gasteiger partial charge is 0.481 e. The van der Waals surface area contributed by atoms with Crippen molar-refractivity contribution < 1.29 is 110 Å². The molecule has 5 amide bonds. The zero-order valence-corrected chi connectivity index (χ0v) is 85.9. The second kappa shape index (κ2) is 50.3. The first-order chi connectivity index (χ1) is 62.2. The molecule has 3 saturated heterocycles. The number of nitrogens with two attached hydrogens (primary N) is 2. The van der Waals surface area contributed by atoms with E-state index in [0.29, 0.717) is 109 Å². The lowest BCUT2D eigenvalue weighted by Gasteiger charge is -2.32. The Morgan fingerprint density at radius 3 is 1.02 bits per heavy atom. The van der Waals surface area contributed by atoms with Crippen LogP contribution in [0, 0.1) is 39.4 Å². The fraction of sp³-hybridized carbons (Fsp3) is 0.790. The average molecular weight is 1880 g/mol. The maximum atomic E-state index is 13.7. The van der Waals surface area contributed by atoms with Crippen molar-refractivity contribution in [1.82, 2.24) is 26.6 Å². The van der Waals surface area contributed by atoms with Crippen LogP contribution in [0.25, 0.3) is 0 Å². The van der Waals surface area contributed by atoms with Gasteiger partial charge in [0.2, 0.25) is 17.7 Å². The van der Waals surface area contributed by atoms with Gasteiger partial charge in [0.05, 0.1) is 61.3 Å². The summed E-state index contributed by atoms with van der Waals surface area (Å²) in [7, 11) is -2.07. The molecule has 4 saturated carbocycles. The Morgan fingerprint density at radius 2 is 0.724 bits per heavy atom. The molecule has 756 valence electrons. The lowest BCUT2D eigenvalue weighted by atomic mass is 9.77. The van der Waals surface area contributed by atoms with Gasteiger partial charge in [0.1, 0.15) is 36.5 Å². The number of benzene rings is 2. The number of nitrogens with one attached hydrogen (secondary N) is 5. The highest BCUT2D eigenvalue weighted by Gasteiger charge is 2.56. The van der Waals surface area contributed by atoms with E-state index in [4.69, 9.17) is 68.4 Å². The molecular weight excluding hydrogens is 1710 g/mol. The maximum absolute atomic E-state index is 13.7. The normalized spacial score (nSPS) is 25.8. The first kappa shape index (κ1) is 116. The monoisotopic (exact) mass is 1880 g/mol. The molecule has 30 nitrogen and oxygen atoms in total. The number of alkyl carbamates (subject to hydrolysis) is 2. The quantitative estimate of drug-likeness (QED) is 0.0127. The van der Waals surface area contributed by atoms with E-state index in [1.54, 1.807) is 41.5 Å². The number of aliphatic carboxylic acids is 2. The number of amides is 5. The highest BCUT2D eigenvalue weighted by atomic mass is 16.7. The third-order valence-corrected chi connectivity index (χ3v) is 29.9. The summed E-state index contributed by atoms with van der Waals surface area (Å²) in [5, 5.41) is 52.0. The van der Waals surface area contributed by atoms with Crippen LogP contribution in [0.3, 0.4) is 0 Å². The van der Waals surface area contributed by atoms with E-state index in [1.807, 2.05) is 158 Å². The molecule has 9 rings (SSSR count). The number of carbonyl (C=O) groups is 9. The molecule has 3 heterocycles. The Kier molecular flexibility index (Phi) is 43.5. The molecule has 2 aromatic carbocycles. The Labute approximate surface area is 802 Å². The van der Waals surface area contributed by atoms with Gasteiger partial charge in [0.25, 0.3) is 0 Å². The molecule has 0 aromatic heterocycles. The molecule has 0 spiro atoms. The van der Waals surface area contributed by atoms with Crippen LogP contribution in [0.15, 0.2) is 60.7 Å². The molecule has 13 N–H and O–H groups in total. The predicted octanol–water partition coefficient (Wildman–Crippen LogP) is 16.7. The van der Waals surface area contributed by atoms with Crippen molar-refractivity contribution in [2.45, 2.75) is 465 Å². The van der Waals surface area contributed by atoms with Gasteiger partial charge in [-0.2, -0.15) is 0 Å². The molecule has 0 bridgehead atoms. The minimum Gasteiger partial charge on any atom is -0.481 e. The van der Waals surface area contributed by atoms with Crippen LogP contribution in [0.4, 0.5) is 9.59 Å². The number of carbonyl (C=O) groups excluding carboxylic acids is 7. The highest BCUT2D eigenvalue weighted by Crippen LogP contribution is 2.49. The van der Waals surface area contributed by atoms with Gasteiger partial charge in [-0.3, -0.25) is 33.6 Å². The van der Waals surface area contributed by atoms with E-state index in [0.717, 1.165) is 101 Å². The third kappa shape index (κ3) is 34.6. The van der Waals surface area contributed by atoms with Crippen molar-refractivity contribution in [3.8, 4) is 0 Å². The Bertz CT molecular complexity index is 4010. The second-order valence-electron chi connectivity index (χ2n) is 44.7. The van der Waals surface area contributed by atoms with Crippen LogP contribution in [-0.4, -0.2) is 190 Å². The summed E-state index contributed by atoms with van der Waals surface area (Å²) < 4.78 is 58.9. The predicted molar refractivity (Wildman–Crippen MR) is 522 cm³/mol. The number of ether oxygens (including phenoxy) is 4. The first-order valence-corrected chi connectivity index (χ1v) is 50.0. The second-order valence-corrected chi connectivity index (χ2v) is 44.7. The van der Waals surface area contributed by atoms with Gasteiger partial charge in [-0.25, -0.2) is 9.59 Å². The van der Waals surface area contributed by atoms with E-state index in [9.17, 15) is 53.4 Å². The van der Waals surface area contributed by atoms with Crippen molar-refractivity contribution >= 4 is 82.3 Å². The number of carboxylic acid groups (broad SMARTS) is 2. The van der Waals surface area contributed by atoms with Crippen molar-refractivity contribution in [2.75, 3.05) is 0 Å². The van der Waals surface area contributed by atoms with Gasteiger partial charge in [-0.15, -0.1) is 0 Å². The molecule has 0 unspecified atom stereocenters. The minimum absolute atomic E-state index is 0.0838. The molecule has 2 aromatic rings. The van der Waals surface area contributed by atoms with Gasteiger partial charge < -0.3 is 105 Å². The lowest BCUT2D eigenvalue weighted by Crippen LogP contribution is -2.53. The SMILES string of the molecule is CC1(C)OB(CCCC[C@@]2(C(=O)OCc3ccccc3)CC[C@H](N)C2)OC1(C)C.CC[C@H](C)[C@H](N)C(=O)N[C@H]1CC[C@@](CCCCB(O)O)(C(=O)O)C1.CC[C@H](C)[C@H](NC(=O)OC(C)(C)C)C(=O)N[C@H]1CC[C@@](CCCCB2OC(C)(C)C(C)(C)O2)(C(=O)O)C1.CC[C@H](C)[C@H](NC(=O)OC(C)(C)C)C(=O)N[C@H]1CC[C@@](CCCCB2OC(C)(C)C(C)(C)O2)(C(=O)OCc2ccccc2)C1. The summed E-state index contributed by atoms with van der Waals surface area (Å²) in [5.41, 5.74) is 7.79. The first-order valence-electron chi connectivity index (χ1n) is 50.0. The third-order valence-electron chi connectivity index (χ3n) is 29.9. The zero-order chi connectivity index (χ0) is 100. The van der Waals surface area contributed by atoms with Crippen molar-refractivity contribution in [3.05, 3.63) is 71.8 Å². The highest BCUT2D eigenvalue weighted by molar-refractivity contribution is 6.46. The van der Waals surface area contributed by atoms with Gasteiger partial charge in [-0.1, -0.05) is 173 Å². The Balaban J connectivity index is 0.000000281. The molecule has 34 heteroatoms. The average Bonchev–Trinajstić information content (AvgIpc) is 1.64. The molecule has 14 atom stereocenters. The van der Waals surface area contributed by atoms with E-state index in [1.165, 1.54) is 0 Å². The van der Waals surface area contributed by atoms with Crippen molar-refractivity contribution in [1.29, 1.82) is 0 Å². The summed E-state index contributed by atoms with van der Waals surface area (Å²) in [5.74, 6) is -2.85. The standard InChI is InChI=1S/C34H55BN2O7.C27H49BN2O7.C23H36BNO4.C16H31BN2O5/c1-10-24(2)27(37-30(40)42-31(3,4)5)28(38)36-26-18-20-34(22-26,29(39)41-23-25-16-12-11-13-17-25)19-14-15-21-35-43-32(6,7)33(8,9)44-35;1-10-18(2)20(30-23(34)35-24(3,4)5)21(31)29-19-13-15-27(17-19,22(32)33)14-11-12-16-28-36-25(6,7)26(8,9)37-28;1-21(2)22(3,4)29-24(28-21)15-9-8-13-23(14-12-19(25)16-23)20(26)27-17-18-10-6-5-7-11-18;1-3-11(2)13(18)14(20)19-12-6-8-16(10-12,15(21)22)7-4-5-9-17(23)24/h11-13,16-17,24,26-27H,10,14-15,18-23H2,1-9H3,(H,36,38)(H,37,40);18-20H,10-17H2,1-9H3,(H,29,31)(H,30,34)(H,32,33);5-7,10-11,19H,8-9,12-17,25H2,1-4H3;11-13,23-24H,3-10,18H2,1-2H3,(H,19,20)(H,21,22)/t24-,26-,27-,34+;18-,19-,20-,27+;19-,23+;11-,12-,13-,16+/m0000/s1. The zero-order valence-electron chi connectivity index (χ0n) is 85.9. The lowest BCUT2D eigenvalue weighted by molar-refractivity contribution is -0.158. The van der Waals surface area contributed by atoms with Crippen molar-refractivity contribution in [3.63, 3.8) is 0 Å². The molecule has 0 radical (unpaired) electrons. The number of carboxylic acids is 2. The topological polar surface area (TPSA) is 439 Å². The van der Waals surface area contributed by atoms with Crippen LogP contribution >= 0.6 is 0 Å². The van der Waals surface area contributed by atoms with Crippen LogP contribution < -0.4 is 38.1 Å². The molecule has 134 heavy (non-hydrogen) atoms. The van der Waals surface area contributed by atoms with Gasteiger partial charge in [0.15, 0.2) is 0 Å². The van der Waals surface area contributed by atoms with Crippen LogP contribution in [0.1, 0.15) is 351 Å². The summed E-state index contributed by atoms with van der Waals surface area (Å²) in [6.07, 6.45) is 19.5. The fourth-order valence-corrected chi connectivity index (χ4v) is 18.8. The van der Waals surface area contributed by atoms with Crippen molar-refractivity contribution in [2.24, 2.45) is 50.9 Å². The summed E-state index contributed by atoms with van der Waals surface area (Å²) in [6.45, 7) is 47.5. The van der Waals surface area contributed by atoms with E-state index in [2.05, 4.69) is 54.3 Å². The smallest absolute Gasteiger partial charge is 0.457 e. The number of rotatable bonds is 42. The van der Waals surface area contributed by atoms with Crippen LogP contribution in [0.5, 0.6) is 0 Å². The molecule has 7 aliphatic rings. The molecule has 7 fully saturated rings. The number of hydrogen-bond donors (Lipinski definition) is 11. The Hall–Kier alpha value is -6.87. The number of hydrogen-bond acceptors (Lipinski definition) is 23. The maximum Gasteiger partial charge on any atom is 0.457 e. The van der Waals surface area contributed by atoms with Gasteiger partial charge in [0, 0.05) is 24.2 Å². The van der Waals surface area contributed by atoms with E-state index in [-0.39, 0.29) is 139 Å². The Morgan fingerprint density at radius 1 is 0.433 bits per heavy atom. The molecule has 4 aliphatic carbocycles. The summed E-state index contributed by atoms with van der Waals surface area (Å²) >= 11 is 0. The summed E-state index contributed by atoms with van der Waals surface area (Å²) in [6, 6.07) is 16.9. The number of esters is 2. The van der Waals surface area contributed by atoms with E-state index >= 15 is 0 Å². The summed E-state index contributed by atoms with van der Waals surface area (Å²) in [4.78, 5) is 114. The van der Waals surface area contributed by atoms with Crippen LogP contribution in [0.2, 0.25) is 25.3 Å². The number of unbranched alkanes of at least 4 members (excludes halogenated alkanes) is 4. The molecular formula is C100H171B4N7O23.